The molecule has 3 heteroatoms. The molecule has 0 aromatic heterocycles. The summed E-state index contributed by atoms with van der Waals surface area (Å²) in [5.41, 5.74) is 0.175. The van der Waals surface area contributed by atoms with Gasteiger partial charge in [0.25, 0.3) is 0 Å². The fourth-order valence-electron chi connectivity index (χ4n) is 2.80. The van der Waals surface area contributed by atoms with Gasteiger partial charge in [0.15, 0.2) is 0 Å². The molecule has 0 aromatic rings. The molecule has 1 atom stereocenters. The van der Waals surface area contributed by atoms with Crippen molar-refractivity contribution in [3.8, 4) is 0 Å². The molecule has 2 heterocycles. The maximum absolute atomic E-state index is 5.80. The third-order valence-corrected chi connectivity index (χ3v) is 3.90. The van der Waals surface area contributed by atoms with Crippen LogP contribution in [0.2, 0.25) is 0 Å². The van der Waals surface area contributed by atoms with Crippen molar-refractivity contribution >= 4 is 0 Å². The van der Waals surface area contributed by atoms with E-state index in [1.807, 2.05) is 0 Å². The molecule has 0 bridgehead atoms. The van der Waals surface area contributed by atoms with Crippen LogP contribution in [0.25, 0.3) is 0 Å². The highest BCUT2D eigenvalue weighted by Crippen LogP contribution is 2.25. The molecule has 0 amide bonds. The number of hydrogen-bond acceptors (Lipinski definition) is 3. The Bertz CT molecular complexity index is 222. The minimum Gasteiger partial charge on any atom is -0.361 e. The second-order valence-electron chi connectivity index (χ2n) is 5.94. The SMILES string of the molecule is CCN1CCC(CC2NC(C)(C)CO2)CC1. The summed E-state index contributed by atoms with van der Waals surface area (Å²) in [6, 6.07) is 0. The largest absolute Gasteiger partial charge is 0.361 e. The number of likely N-dealkylation sites (tertiary alicyclic amines) is 1. The van der Waals surface area contributed by atoms with E-state index in [1.165, 1.54) is 38.9 Å². The van der Waals surface area contributed by atoms with Crippen molar-refractivity contribution in [3.05, 3.63) is 0 Å². The first-order valence-electron chi connectivity index (χ1n) is 6.71. The zero-order valence-corrected chi connectivity index (χ0v) is 11.0. The van der Waals surface area contributed by atoms with Crippen LogP contribution < -0.4 is 5.32 Å². The Labute approximate surface area is 99.5 Å². The molecule has 0 aromatic carbocycles. The molecule has 16 heavy (non-hydrogen) atoms. The predicted molar refractivity (Wildman–Crippen MR) is 66.4 cm³/mol. The molecule has 2 fully saturated rings. The molecule has 1 N–H and O–H groups in total. The summed E-state index contributed by atoms with van der Waals surface area (Å²) in [5.74, 6) is 0.856. The van der Waals surface area contributed by atoms with Gasteiger partial charge in [-0.05, 0) is 58.7 Å². The van der Waals surface area contributed by atoms with Crippen LogP contribution in [-0.2, 0) is 4.74 Å². The molecular formula is C13H26N2O. The number of piperidine rings is 1. The molecule has 0 radical (unpaired) electrons. The van der Waals surface area contributed by atoms with Crippen LogP contribution in [0.1, 0.15) is 40.0 Å². The Morgan fingerprint density at radius 1 is 1.31 bits per heavy atom. The first-order chi connectivity index (χ1) is 7.59. The van der Waals surface area contributed by atoms with Gasteiger partial charge in [-0.3, -0.25) is 5.32 Å². The van der Waals surface area contributed by atoms with E-state index in [4.69, 9.17) is 4.74 Å². The minimum atomic E-state index is 0.175. The van der Waals surface area contributed by atoms with E-state index in [1.54, 1.807) is 0 Å². The molecule has 0 spiro atoms. The van der Waals surface area contributed by atoms with Crippen LogP contribution >= 0.6 is 0 Å². The lowest BCUT2D eigenvalue weighted by atomic mass is 9.92. The molecule has 2 saturated heterocycles. The fraction of sp³-hybridized carbons (Fsp3) is 1.00. The summed E-state index contributed by atoms with van der Waals surface area (Å²) in [6.07, 6.45) is 4.18. The summed E-state index contributed by atoms with van der Waals surface area (Å²) in [7, 11) is 0. The second kappa shape index (κ2) is 5.03. The van der Waals surface area contributed by atoms with Gasteiger partial charge >= 0.3 is 0 Å². The van der Waals surface area contributed by atoms with E-state index in [0.29, 0.717) is 6.23 Å². The summed E-state index contributed by atoms with van der Waals surface area (Å²) in [4.78, 5) is 2.55. The monoisotopic (exact) mass is 226 g/mol. The van der Waals surface area contributed by atoms with Crippen LogP contribution in [-0.4, -0.2) is 42.9 Å². The zero-order valence-electron chi connectivity index (χ0n) is 11.0. The lowest BCUT2D eigenvalue weighted by Crippen LogP contribution is -2.41. The molecule has 0 saturated carbocycles. The Hall–Kier alpha value is -0.120. The third-order valence-electron chi connectivity index (χ3n) is 3.90. The predicted octanol–water partition coefficient (Wildman–Crippen LogP) is 1.83. The molecular weight excluding hydrogens is 200 g/mol. The Kier molecular flexibility index (Phi) is 3.88. The van der Waals surface area contributed by atoms with E-state index < -0.39 is 0 Å². The molecule has 3 nitrogen and oxygen atoms in total. The minimum absolute atomic E-state index is 0.175. The Balaban J connectivity index is 1.71. The Morgan fingerprint density at radius 3 is 2.50 bits per heavy atom. The van der Waals surface area contributed by atoms with Crippen molar-refractivity contribution in [2.24, 2.45) is 5.92 Å². The van der Waals surface area contributed by atoms with Gasteiger partial charge < -0.3 is 9.64 Å². The maximum Gasteiger partial charge on any atom is 0.108 e. The highest BCUT2D eigenvalue weighted by molar-refractivity contribution is 4.86. The normalized spacial score (nSPS) is 32.1. The van der Waals surface area contributed by atoms with E-state index in [0.717, 1.165) is 12.5 Å². The number of nitrogens with zero attached hydrogens (tertiary/aromatic N) is 1. The number of ether oxygens (including phenoxy) is 1. The van der Waals surface area contributed by atoms with E-state index >= 15 is 0 Å². The van der Waals surface area contributed by atoms with Crippen molar-refractivity contribution in [1.29, 1.82) is 0 Å². The molecule has 2 aliphatic rings. The summed E-state index contributed by atoms with van der Waals surface area (Å²) in [5, 5.41) is 3.57. The van der Waals surface area contributed by atoms with Crippen LogP contribution in [0, 0.1) is 5.92 Å². The van der Waals surface area contributed by atoms with Gasteiger partial charge in [0.05, 0.1) is 6.61 Å². The fourth-order valence-corrected chi connectivity index (χ4v) is 2.80. The van der Waals surface area contributed by atoms with Gasteiger partial charge in [0.1, 0.15) is 6.23 Å². The van der Waals surface area contributed by atoms with Crippen molar-refractivity contribution in [1.82, 2.24) is 10.2 Å². The van der Waals surface area contributed by atoms with E-state index in [-0.39, 0.29) is 5.54 Å². The van der Waals surface area contributed by atoms with E-state index in [9.17, 15) is 0 Å². The molecule has 1 unspecified atom stereocenters. The third kappa shape index (κ3) is 3.19. The van der Waals surface area contributed by atoms with Crippen LogP contribution in [0.3, 0.4) is 0 Å². The number of hydrogen-bond donors (Lipinski definition) is 1. The van der Waals surface area contributed by atoms with Crippen molar-refractivity contribution in [2.45, 2.75) is 51.8 Å². The first-order valence-corrected chi connectivity index (χ1v) is 6.71. The van der Waals surface area contributed by atoms with Crippen molar-refractivity contribution in [3.63, 3.8) is 0 Å². The van der Waals surface area contributed by atoms with Crippen LogP contribution in [0.15, 0.2) is 0 Å². The standard InChI is InChI=1S/C13H26N2O/c1-4-15-7-5-11(6-8-15)9-12-14-13(2,3)10-16-12/h11-12,14H,4-10H2,1-3H3. The molecule has 2 aliphatic heterocycles. The summed E-state index contributed by atoms with van der Waals surface area (Å²) in [6.45, 7) is 11.3. The lowest BCUT2D eigenvalue weighted by Gasteiger charge is -2.32. The van der Waals surface area contributed by atoms with Crippen LogP contribution in [0.4, 0.5) is 0 Å². The lowest BCUT2D eigenvalue weighted by molar-refractivity contribution is 0.0637. The average molecular weight is 226 g/mol. The van der Waals surface area contributed by atoms with Gasteiger partial charge in [0, 0.05) is 5.54 Å². The van der Waals surface area contributed by atoms with Gasteiger partial charge in [-0.15, -0.1) is 0 Å². The molecule has 2 rings (SSSR count). The smallest absolute Gasteiger partial charge is 0.108 e. The summed E-state index contributed by atoms with van der Waals surface area (Å²) < 4.78 is 5.80. The van der Waals surface area contributed by atoms with Gasteiger partial charge in [-0.2, -0.15) is 0 Å². The highest BCUT2D eigenvalue weighted by atomic mass is 16.5. The quantitative estimate of drug-likeness (QED) is 0.794. The number of rotatable bonds is 3. The van der Waals surface area contributed by atoms with Gasteiger partial charge in [0.2, 0.25) is 0 Å². The Morgan fingerprint density at radius 2 is 2.00 bits per heavy atom. The molecule has 0 aliphatic carbocycles. The average Bonchev–Trinajstić information content (AvgIpc) is 2.59. The second-order valence-corrected chi connectivity index (χ2v) is 5.94. The number of nitrogens with one attached hydrogen (secondary N) is 1. The van der Waals surface area contributed by atoms with Gasteiger partial charge in [-0.1, -0.05) is 6.92 Å². The van der Waals surface area contributed by atoms with Crippen molar-refractivity contribution in [2.75, 3.05) is 26.2 Å². The van der Waals surface area contributed by atoms with E-state index in [2.05, 4.69) is 31.0 Å². The molecule has 94 valence electrons. The summed E-state index contributed by atoms with van der Waals surface area (Å²) >= 11 is 0. The van der Waals surface area contributed by atoms with Crippen molar-refractivity contribution < 1.29 is 4.74 Å². The topological polar surface area (TPSA) is 24.5 Å². The highest BCUT2D eigenvalue weighted by Gasteiger charge is 2.32. The zero-order chi connectivity index (χ0) is 11.6. The van der Waals surface area contributed by atoms with Crippen LogP contribution in [0.5, 0.6) is 0 Å². The van der Waals surface area contributed by atoms with Gasteiger partial charge in [-0.25, -0.2) is 0 Å². The first kappa shape index (κ1) is 12.3. The maximum atomic E-state index is 5.80.